The minimum atomic E-state index is -0.584. The molecule has 146 valence electrons. The van der Waals surface area contributed by atoms with Gasteiger partial charge in [-0.1, -0.05) is 18.2 Å². The number of nitrogens with one attached hydrogen (secondary N) is 1. The van der Waals surface area contributed by atoms with Gasteiger partial charge in [0.05, 0.1) is 35.8 Å². The average Bonchev–Trinajstić information content (AvgIpc) is 3.37. The van der Waals surface area contributed by atoms with Gasteiger partial charge in [-0.3, -0.25) is 14.6 Å². The molecule has 0 fully saturated rings. The molecular weight excluding hydrogens is 374 g/mol. The Balaban J connectivity index is 1.31. The Hall–Kier alpha value is -3.94. The lowest BCUT2D eigenvalue weighted by Crippen LogP contribution is -2.21. The van der Waals surface area contributed by atoms with E-state index in [0.717, 1.165) is 10.9 Å². The first kappa shape index (κ1) is 18.4. The molecule has 0 spiro atoms. The molecule has 1 aromatic carbocycles. The molecule has 0 aliphatic rings. The molecule has 0 aliphatic heterocycles. The number of para-hydroxylation sites is 1. The molecule has 1 amide bonds. The number of ether oxygens (including phenoxy) is 1. The first-order valence-electron chi connectivity index (χ1n) is 8.89. The maximum Gasteiger partial charge on any atom is 0.312 e. The Morgan fingerprint density at radius 1 is 1.17 bits per heavy atom. The predicted octanol–water partition coefficient (Wildman–Crippen LogP) is 3.52. The standard InChI is InChI=1S/C21H17N3O5/c1-13-17(24-21(29-13)18-7-4-8-27-18)10-20(26)28-12-19(25)23-15-9-14-5-2-3-6-16(14)22-11-15/h2-9,11H,10,12H2,1H3,(H,23,25). The molecule has 29 heavy (non-hydrogen) atoms. The number of fused-ring (bicyclic) bond motifs is 1. The lowest BCUT2D eigenvalue weighted by atomic mass is 10.2. The fourth-order valence-corrected chi connectivity index (χ4v) is 2.77. The van der Waals surface area contributed by atoms with Crippen molar-refractivity contribution < 1.29 is 23.2 Å². The Morgan fingerprint density at radius 3 is 2.86 bits per heavy atom. The predicted molar refractivity (Wildman–Crippen MR) is 104 cm³/mol. The van der Waals surface area contributed by atoms with Gasteiger partial charge in [-0.15, -0.1) is 0 Å². The minimum Gasteiger partial charge on any atom is -0.459 e. The van der Waals surface area contributed by atoms with Gasteiger partial charge in [-0.05, 0) is 31.2 Å². The highest BCUT2D eigenvalue weighted by molar-refractivity contribution is 5.94. The van der Waals surface area contributed by atoms with Crippen molar-refractivity contribution in [1.82, 2.24) is 9.97 Å². The highest BCUT2D eigenvalue weighted by atomic mass is 16.5. The van der Waals surface area contributed by atoms with Gasteiger partial charge in [0, 0.05) is 5.39 Å². The molecule has 0 aliphatic carbocycles. The molecule has 1 N–H and O–H groups in total. The van der Waals surface area contributed by atoms with Crippen LogP contribution < -0.4 is 5.32 Å². The van der Waals surface area contributed by atoms with Crippen molar-refractivity contribution in [1.29, 1.82) is 0 Å². The van der Waals surface area contributed by atoms with Crippen molar-refractivity contribution in [3.05, 3.63) is 66.4 Å². The van der Waals surface area contributed by atoms with Gasteiger partial charge in [-0.2, -0.15) is 0 Å². The highest BCUT2D eigenvalue weighted by Crippen LogP contribution is 2.22. The summed E-state index contributed by atoms with van der Waals surface area (Å²) >= 11 is 0. The van der Waals surface area contributed by atoms with Gasteiger partial charge in [0.1, 0.15) is 5.76 Å². The second kappa shape index (κ2) is 7.97. The number of amides is 1. The number of furan rings is 1. The Kier molecular flexibility index (Phi) is 5.07. The number of rotatable bonds is 6. The summed E-state index contributed by atoms with van der Waals surface area (Å²) in [6.45, 7) is 1.29. The third-order valence-electron chi connectivity index (χ3n) is 4.17. The average molecular weight is 391 g/mol. The van der Waals surface area contributed by atoms with Crippen LogP contribution in [0.3, 0.4) is 0 Å². The van der Waals surface area contributed by atoms with Crippen LogP contribution in [0.25, 0.3) is 22.6 Å². The number of nitrogens with zero attached hydrogens (tertiary/aromatic N) is 2. The summed E-state index contributed by atoms with van der Waals surface area (Å²) in [5, 5.41) is 3.56. The van der Waals surface area contributed by atoms with Crippen molar-refractivity contribution in [2.45, 2.75) is 13.3 Å². The Morgan fingerprint density at radius 2 is 2.03 bits per heavy atom. The highest BCUT2D eigenvalue weighted by Gasteiger charge is 2.17. The van der Waals surface area contributed by atoms with Crippen LogP contribution in [0.15, 0.2) is 63.8 Å². The van der Waals surface area contributed by atoms with E-state index in [1.165, 1.54) is 6.26 Å². The van der Waals surface area contributed by atoms with Crippen molar-refractivity contribution in [2.75, 3.05) is 11.9 Å². The lowest BCUT2D eigenvalue weighted by molar-refractivity contribution is -0.146. The number of benzene rings is 1. The number of hydrogen-bond acceptors (Lipinski definition) is 7. The molecule has 0 saturated heterocycles. The molecule has 0 radical (unpaired) electrons. The van der Waals surface area contributed by atoms with Crippen molar-refractivity contribution in [3.8, 4) is 11.7 Å². The molecule has 8 nitrogen and oxygen atoms in total. The summed E-state index contributed by atoms with van der Waals surface area (Å²) < 4.78 is 15.8. The third kappa shape index (κ3) is 4.32. The number of aromatic nitrogens is 2. The van der Waals surface area contributed by atoms with E-state index in [4.69, 9.17) is 13.6 Å². The summed E-state index contributed by atoms with van der Waals surface area (Å²) in [5.74, 6) is 0.204. The van der Waals surface area contributed by atoms with E-state index in [9.17, 15) is 9.59 Å². The minimum absolute atomic E-state index is 0.110. The maximum atomic E-state index is 12.1. The van der Waals surface area contributed by atoms with Gasteiger partial charge in [0.2, 0.25) is 0 Å². The van der Waals surface area contributed by atoms with Gasteiger partial charge in [0.25, 0.3) is 11.8 Å². The zero-order chi connectivity index (χ0) is 20.2. The zero-order valence-electron chi connectivity index (χ0n) is 15.5. The number of anilines is 1. The summed E-state index contributed by atoms with van der Waals surface area (Å²) in [6.07, 6.45) is 2.95. The molecule has 8 heteroatoms. The SMILES string of the molecule is Cc1oc(-c2ccco2)nc1CC(=O)OCC(=O)Nc1cnc2ccccc2c1. The zero-order valence-corrected chi connectivity index (χ0v) is 15.5. The van der Waals surface area contributed by atoms with E-state index in [2.05, 4.69) is 15.3 Å². The number of esters is 1. The first-order valence-corrected chi connectivity index (χ1v) is 8.89. The van der Waals surface area contributed by atoms with Gasteiger partial charge in [0.15, 0.2) is 12.4 Å². The monoisotopic (exact) mass is 391 g/mol. The molecule has 0 saturated carbocycles. The van der Waals surface area contributed by atoms with Gasteiger partial charge in [-0.25, -0.2) is 4.98 Å². The Bertz CT molecular complexity index is 1160. The van der Waals surface area contributed by atoms with E-state index in [1.807, 2.05) is 24.3 Å². The van der Waals surface area contributed by atoms with Crippen LogP contribution in [-0.2, 0) is 20.7 Å². The second-order valence-electron chi connectivity index (χ2n) is 6.30. The van der Waals surface area contributed by atoms with Crippen molar-refractivity contribution in [2.24, 2.45) is 0 Å². The number of oxazole rings is 1. The second-order valence-corrected chi connectivity index (χ2v) is 6.30. The molecule has 4 rings (SSSR count). The lowest BCUT2D eigenvalue weighted by Gasteiger charge is -2.07. The van der Waals surface area contributed by atoms with Gasteiger partial charge < -0.3 is 18.9 Å². The van der Waals surface area contributed by atoms with Crippen molar-refractivity contribution in [3.63, 3.8) is 0 Å². The first-order chi connectivity index (χ1) is 14.1. The summed E-state index contributed by atoms with van der Waals surface area (Å²) in [7, 11) is 0. The molecule has 3 heterocycles. The number of aryl methyl sites for hydroxylation is 1. The van der Waals surface area contributed by atoms with Crippen LogP contribution in [0.5, 0.6) is 0 Å². The Labute approximate surface area is 165 Å². The number of carbonyl (C=O) groups is 2. The number of carbonyl (C=O) groups excluding carboxylic acids is 2. The number of pyridine rings is 1. The third-order valence-corrected chi connectivity index (χ3v) is 4.17. The van der Waals surface area contributed by atoms with E-state index >= 15 is 0 Å². The smallest absolute Gasteiger partial charge is 0.312 e. The topological polar surface area (TPSA) is 107 Å². The van der Waals surface area contributed by atoms with E-state index in [0.29, 0.717) is 22.9 Å². The van der Waals surface area contributed by atoms with Crippen LogP contribution in [0.4, 0.5) is 5.69 Å². The van der Waals surface area contributed by atoms with Gasteiger partial charge >= 0.3 is 5.97 Å². The van der Waals surface area contributed by atoms with E-state index in [1.54, 1.807) is 31.3 Å². The molecule has 0 bridgehead atoms. The molecule has 3 aromatic heterocycles. The summed E-state index contributed by atoms with van der Waals surface area (Å²) in [4.78, 5) is 32.7. The molecular formula is C21H17N3O5. The largest absolute Gasteiger partial charge is 0.459 e. The van der Waals surface area contributed by atoms with Crippen LogP contribution in [0.1, 0.15) is 11.5 Å². The molecule has 0 atom stereocenters. The normalized spacial score (nSPS) is 10.8. The number of hydrogen-bond donors (Lipinski definition) is 1. The summed E-state index contributed by atoms with van der Waals surface area (Å²) in [6, 6.07) is 12.8. The summed E-state index contributed by atoms with van der Waals surface area (Å²) in [5.41, 5.74) is 1.79. The maximum absolute atomic E-state index is 12.1. The quantitative estimate of drug-likeness (QED) is 0.501. The molecule has 4 aromatic rings. The van der Waals surface area contributed by atoms with Crippen LogP contribution >= 0.6 is 0 Å². The van der Waals surface area contributed by atoms with Crippen LogP contribution in [-0.4, -0.2) is 28.5 Å². The fourth-order valence-electron chi connectivity index (χ4n) is 2.77. The van der Waals surface area contributed by atoms with Crippen molar-refractivity contribution >= 4 is 28.5 Å². The van der Waals surface area contributed by atoms with Crippen LogP contribution in [0.2, 0.25) is 0 Å². The fraction of sp³-hybridized carbons (Fsp3) is 0.143. The van der Waals surface area contributed by atoms with E-state index < -0.39 is 18.5 Å². The molecule has 0 unspecified atom stereocenters. The van der Waals surface area contributed by atoms with E-state index in [-0.39, 0.29) is 12.3 Å². The van der Waals surface area contributed by atoms with Crippen LogP contribution in [0, 0.1) is 6.92 Å².